The fourth-order valence-corrected chi connectivity index (χ4v) is 0.830. The van der Waals surface area contributed by atoms with E-state index in [1.807, 2.05) is 0 Å². The zero-order valence-corrected chi connectivity index (χ0v) is 8.73. The van der Waals surface area contributed by atoms with Gasteiger partial charge in [-0.05, 0) is 19.4 Å². The normalized spacial score (nSPS) is 14.0. The van der Waals surface area contributed by atoms with Gasteiger partial charge < -0.3 is 5.11 Å². The summed E-state index contributed by atoms with van der Waals surface area (Å²) in [5, 5.41) is 8.84. The van der Waals surface area contributed by atoms with Crippen LogP contribution in [-0.2, 0) is 15.9 Å². The third kappa shape index (κ3) is 3.64. The van der Waals surface area contributed by atoms with Crippen molar-refractivity contribution >= 4 is 5.97 Å². The summed E-state index contributed by atoms with van der Waals surface area (Å²) in [6, 6.07) is 8.44. The molecule has 0 bridgehead atoms. The van der Waals surface area contributed by atoms with Crippen LogP contribution >= 0.6 is 0 Å². The molecule has 80 valence electrons. The van der Waals surface area contributed by atoms with Crippen LogP contribution in [0.1, 0.15) is 22.2 Å². The van der Waals surface area contributed by atoms with Gasteiger partial charge >= 0.3 is 5.97 Å². The van der Waals surface area contributed by atoms with Crippen LogP contribution in [0.3, 0.4) is 0 Å². The van der Waals surface area contributed by atoms with Gasteiger partial charge in [-0.3, -0.25) is 0 Å². The minimum absolute atomic E-state index is 0.418. The summed E-state index contributed by atoms with van der Waals surface area (Å²) >= 11 is 0. The molecule has 0 aliphatic carbocycles. The van der Waals surface area contributed by atoms with Crippen molar-refractivity contribution in [2.45, 2.75) is 25.8 Å². The number of carboxylic acid groups (broad SMARTS) is 1. The lowest BCUT2D eigenvalue weighted by Gasteiger charge is -2.12. The second kappa shape index (κ2) is 4.84. The first-order valence-corrected chi connectivity index (χ1v) is 4.57. The maximum absolute atomic E-state index is 10.8. The van der Waals surface area contributed by atoms with Crippen LogP contribution in [0.2, 0.25) is 0 Å². The molecule has 1 N–H and O–H groups in total. The van der Waals surface area contributed by atoms with Crippen LogP contribution in [0, 0.1) is 6.61 Å². The van der Waals surface area contributed by atoms with Gasteiger partial charge in [0, 0.05) is 0 Å². The van der Waals surface area contributed by atoms with Gasteiger partial charge in [-0.25, -0.2) is 4.79 Å². The number of carbonyl (C=O) groups is 1. The van der Waals surface area contributed by atoms with E-state index in [1.165, 1.54) is 13.8 Å². The van der Waals surface area contributed by atoms with Crippen molar-refractivity contribution in [3.8, 4) is 0 Å². The first kappa shape index (κ1) is 8.80. The summed E-state index contributed by atoms with van der Waals surface area (Å²) in [7, 11) is 0. The molecular weight excluding hydrogens is 192 g/mol. The van der Waals surface area contributed by atoms with Gasteiger partial charge in [0.25, 0.3) is 0 Å². The third-order valence-electron chi connectivity index (χ3n) is 1.87. The number of benzene rings is 1. The molecule has 0 aliphatic heterocycles. The molecule has 0 saturated heterocycles. The molecule has 1 rings (SSSR count). The first-order valence-electron chi connectivity index (χ1n) is 5.57. The number of carboxylic acids is 1. The molecule has 0 heterocycles. The lowest BCUT2D eigenvalue weighted by atomic mass is 10.1. The van der Waals surface area contributed by atoms with Gasteiger partial charge in [0.1, 0.15) is 6.37 Å². The van der Waals surface area contributed by atoms with E-state index in [0.717, 1.165) is 6.61 Å². The Balaban J connectivity index is 2.72. The topological polar surface area (TPSA) is 46.5 Å². The Morgan fingerprint density at radius 2 is 2.13 bits per heavy atom. The molecule has 0 aliphatic rings. The van der Waals surface area contributed by atoms with Crippen molar-refractivity contribution in [1.29, 1.82) is 0 Å². The highest BCUT2D eigenvalue weighted by molar-refractivity contribution is 5.76. The van der Waals surface area contributed by atoms with E-state index in [-0.39, 0.29) is 0 Å². The molecule has 3 nitrogen and oxygen atoms in total. The van der Waals surface area contributed by atoms with E-state index in [2.05, 4.69) is 0 Å². The second-order valence-electron chi connectivity index (χ2n) is 3.56. The number of hydrogen-bond donors (Lipinski definition) is 1. The standard InChI is InChI=1S/C12H14O3/c1-12(2,11(13)14)15-9-8-10-6-4-3-5-7-10/h3-7,9H,8H2,1-2H3/p+1/i8D2. The van der Waals surface area contributed by atoms with Crippen molar-refractivity contribution in [2.24, 2.45) is 0 Å². The van der Waals surface area contributed by atoms with Gasteiger partial charge in [0.05, 0.1) is 2.74 Å². The minimum Gasteiger partial charge on any atom is -0.479 e. The summed E-state index contributed by atoms with van der Waals surface area (Å²) in [6.45, 7) is 3.66. The largest absolute Gasteiger partial charge is 0.479 e. The second-order valence-corrected chi connectivity index (χ2v) is 3.56. The molecule has 0 saturated carbocycles. The highest BCUT2D eigenvalue weighted by atomic mass is 16.5. The van der Waals surface area contributed by atoms with E-state index in [9.17, 15) is 4.79 Å². The van der Waals surface area contributed by atoms with Gasteiger partial charge in [-0.2, -0.15) is 4.74 Å². The lowest BCUT2D eigenvalue weighted by molar-refractivity contribution is -0.157. The fraction of sp³-hybridized carbons (Fsp3) is 0.333. The molecule has 0 fully saturated rings. The zero-order valence-electron chi connectivity index (χ0n) is 10.7. The van der Waals surface area contributed by atoms with E-state index in [4.69, 9.17) is 12.6 Å². The maximum atomic E-state index is 10.8. The summed E-state index contributed by atoms with van der Waals surface area (Å²) in [5.74, 6) is -1.14. The number of hydrogen-bond acceptors (Lipinski definition) is 2. The van der Waals surface area contributed by atoms with Gasteiger partial charge in [-0.1, -0.05) is 30.3 Å². The van der Waals surface area contributed by atoms with Gasteiger partial charge in [0.15, 0.2) is 0 Å². The van der Waals surface area contributed by atoms with E-state index < -0.39 is 17.9 Å². The Bertz CT molecular complexity index is 388. The predicted molar refractivity (Wildman–Crippen MR) is 57.2 cm³/mol. The zero-order chi connectivity index (χ0) is 13.1. The van der Waals surface area contributed by atoms with Gasteiger partial charge in [0.2, 0.25) is 12.2 Å². The van der Waals surface area contributed by atoms with E-state index in [0.29, 0.717) is 5.56 Å². The summed E-state index contributed by atoms with van der Waals surface area (Å²) in [6.07, 6.45) is -1.83. The average Bonchev–Trinajstić information content (AvgIpc) is 2.28. The van der Waals surface area contributed by atoms with Crippen molar-refractivity contribution in [3.05, 3.63) is 42.5 Å². The average molecular weight is 209 g/mol. The SMILES string of the molecule is [2H]C([2H])([CH+]OC(C)(C)C(=O)O)c1ccccc1. The molecule has 0 atom stereocenters. The predicted octanol–water partition coefficient (Wildman–Crippen LogP) is 2.27. The maximum Gasteiger partial charge on any atom is 0.340 e. The molecule has 0 unspecified atom stereocenters. The van der Waals surface area contributed by atoms with Crippen molar-refractivity contribution in [1.82, 2.24) is 0 Å². The quantitative estimate of drug-likeness (QED) is 0.757. The van der Waals surface area contributed by atoms with Crippen LogP contribution in [0.15, 0.2) is 30.3 Å². The number of ether oxygens (including phenoxy) is 1. The first-order chi connectivity index (χ1) is 7.76. The van der Waals surface area contributed by atoms with Crippen LogP contribution in [0.4, 0.5) is 0 Å². The third-order valence-corrected chi connectivity index (χ3v) is 1.87. The Morgan fingerprint density at radius 1 is 1.53 bits per heavy atom. The Kier molecular flexibility index (Phi) is 2.84. The molecule has 0 aromatic heterocycles. The molecule has 1 aromatic carbocycles. The number of aliphatic carboxylic acids is 1. The van der Waals surface area contributed by atoms with Crippen molar-refractivity contribution < 1.29 is 17.4 Å². The molecule has 0 spiro atoms. The molecule has 3 heteroatoms. The highest BCUT2D eigenvalue weighted by Crippen LogP contribution is 2.12. The molecular formula is C12H15O3+. The summed E-state index contributed by atoms with van der Waals surface area (Å²) in [5.41, 5.74) is -1.02. The highest BCUT2D eigenvalue weighted by Gasteiger charge is 2.32. The Morgan fingerprint density at radius 3 is 2.67 bits per heavy atom. The molecule has 0 radical (unpaired) electrons. The van der Waals surface area contributed by atoms with E-state index >= 15 is 0 Å². The lowest BCUT2D eigenvalue weighted by Crippen LogP contribution is -2.34. The molecule has 15 heavy (non-hydrogen) atoms. The van der Waals surface area contributed by atoms with Crippen LogP contribution in [-0.4, -0.2) is 16.7 Å². The van der Waals surface area contributed by atoms with Gasteiger partial charge in [-0.15, -0.1) is 0 Å². The summed E-state index contributed by atoms with van der Waals surface area (Å²) < 4.78 is 20.6. The summed E-state index contributed by atoms with van der Waals surface area (Å²) in [4.78, 5) is 10.8. The number of rotatable bonds is 5. The molecule has 1 aromatic rings. The monoisotopic (exact) mass is 209 g/mol. The minimum atomic E-state index is -1.83. The van der Waals surface area contributed by atoms with Crippen LogP contribution in [0.5, 0.6) is 0 Å². The van der Waals surface area contributed by atoms with Crippen LogP contribution in [0.25, 0.3) is 0 Å². The van der Waals surface area contributed by atoms with E-state index in [1.54, 1.807) is 30.3 Å². The van der Waals surface area contributed by atoms with Crippen molar-refractivity contribution in [2.75, 3.05) is 0 Å². The Labute approximate surface area is 92.5 Å². The smallest absolute Gasteiger partial charge is 0.340 e. The van der Waals surface area contributed by atoms with Crippen LogP contribution < -0.4 is 0 Å². The fourth-order valence-electron chi connectivity index (χ4n) is 0.830. The Hall–Kier alpha value is -1.48. The molecule has 0 amide bonds. The van der Waals surface area contributed by atoms with Crippen molar-refractivity contribution in [3.63, 3.8) is 0 Å².